The number of imidazole rings is 1. The fourth-order valence-corrected chi connectivity index (χ4v) is 2.87. The van der Waals surface area contributed by atoms with Crippen LogP contribution in [0.5, 0.6) is 0 Å². The summed E-state index contributed by atoms with van der Waals surface area (Å²) in [5.74, 6) is 0.661. The molecule has 0 bridgehead atoms. The molecule has 0 saturated carbocycles. The van der Waals surface area contributed by atoms with Gasteiger partial charge in [-0.1, -0.05) is 24.3 Å². The number of benzene rings is 1. The second kappa shape index (κ2) is 4.36. The lowest BCUT2D eigenvalue weighted by Crippen LogP contribution is -2.14. The normalized spacial score (nSPS) is 19.0. The maximum atomic E-state index is 4.30. The number of nitrogens with zero attached hydrogens (tertiary/aromatic N) is 2. The summed E-state index contributed by atoms with van der Waals surface area (Å²) < 4.78 is 2.22. The third-order valence-electron chi connectivity index (χ3n) is 3.69. The number of aromatic nitrogens is 2. The Hall–Kier alpha value is -1.57. The van der Waals surface area contributed by atoms with E-state index in [-0.39, 0.29) is 0 Å². The highest BCUT2D eigenvalue weighted by atomic mass is 15.0. The van der Waals surface area contributed by atoms with Gasteiger partial charge in [-0.05, 0) is 37.3 Å². The average Bonchev–Trinajstić information content (AvgIpc) is 2.75. The summed E-state index contributed by atoms with van der Waals surface area (Å²) in [6.45, 7) is 3.11. The Kier molecular flexibility index (Phi) is 2.71. The highest BCUT2D eigenvalue weighted by molar-refractivity contribution is 5.32. The van der Waals surface area contributed by atoms with Crippen LogP contribution in [0.25, 0.3) is 0 Å². The SMILES string of the molecule is Cc1cn(CC2CCCc3ccccc32)cn1. The summed E-state index contributed by atoms with van der Waals surface area (Å²) in [7, 11) is 0. The van der Waals surface area contributed by atoms with E-state index in [0.29, 0.717) is 5.92 Å². The number of hydrogen-bond acceptors (Lipinski definition) is 1. The van der Waals surface area contributed by atoms with E-state index in [9.17, 15) is 0 Å². The van der Waals surface area contributed by atoms with Crippen molar-refractivity contribution >= 4 is 0 Å². The molecule has 2 aromatic rings. The van der Waals surface area contributed by atoms with Crippen LogP contribution in [0.1, 0.15) is 35.6 Å². The molecule has 0 fully saturated rings. The zero-order valence-corrected chi connectivity index (χ0v) is 10.3. The van der Waals surface area contributed by atoms with Gasteiger partial charge in [0, 0.05) is 18.7 Å². The van der Waals surface area contributed by atoms with Gasteiger partial charge in [0.05, 0.1) is 12.0 Å². The minimum Gasteiger partial charge on any atom is -0.337 e. The van der Waals surface area contributed by atoms with Gasteiger partial charge in [0.15, 0.2) is 0 Å². The molecule has 0 aliphatic heterocycles. The molecule has 1 aromatic carbocycles. The Bertz CT molecular complexity index is 513. The van der Waals surface area contributed by atoms with Crippen molar-refractivity contribution in [2.45, 2.75) is 38.6 Å². The predicted octanol–water partition coefficient (Wildman–Crippen LogP) is 3.31. The summed E-state index contributed by atoms with van der Waals surface area (Å²) in [5, 5.41) is 0. The van der Waals surface area contributed by atoms with Crippen LogP contribution in [0.15, 0.2) is 36.8 Å². The van der Waals surface area contributed by atoms with Gasteiger partial charge < -0.3 is 4.57 Å². The van der Waals surface area contributed by atoms with E-state index in [1.54, 1.807) is 11.1 Å². The van der Waals surface area contributed by atoms with Crippen LogP contribution in [0.4, 0.5) is 0 Å². The van der Waals surface area contributed by atoms with Gasteiger partial charge in [-0.25, -0.2) is 4.98 Å². The maximum absolute atomic E-state index is 4.30. The Morgan fingerprint density at radius 1 is 1.35 bits per heavy atom. The summed E-state index contributed by atoms with van der Waals surface area (Å²) in [5.41, 5.74) is 4.19. The lowest BCUT2D eigenvalue weighted by molar-refractivity contribution is 0.483. The second-order valence-corrected chi connectivity index (χ2v) is 5.00. The largest absolute Gasteiger partial charge is 0.337 e. The van der Waals surface area contributed by atoms with Crippen molar-refractivity contribution in [3.63, 3.8) is 0 Å². The van der Waals surface area contributed by atoms with E-state index < -0.39 is 0 Å². The Morgan fingerprint density at radius 3 is 3.06 bits per heavy atom. The van der Waals surface area contributed by atoms with Crippen molar-refractivity contribution in [3.05, 3.63) is 53.6 Å². The lowest BCUT2D eigenvalue weighted by atomic mass is 9.83. The fourth-order valence-electron chi connectivity index (χ4n) is 2.87. The van der Waals surface area contributed by atoms with Gasteiger partial charge in [0.25, 0.3) is 0 Å². The molecule has 1 aliphatic carbocycles. The number of fused-ring (bicyclic) bond motifs is 1. The first-order valence-electron chi connectivity index (χ1n) is 6.39. The highest BCUT2D eigenvalue weighted by Gasteiger charge is 2.19. The number of aryl methyl sites for hydroxylation is 2. The molecule has 0 saturated heterocycles. The molecular weight excluding hydrogens is 208 g/mol. The van der Waals surface area contributed by atoms with Crippen LogP contribution in [0, 0.1) is 6.92 Å². The van der Waals surface area contributed by atoms with Crippen LogP contribution in [0.2, 0.25) is 0 Å². The topological polar surface area (TPSA) is 17.8 Å². The summed E-state index contributed by atoms with van der Waals surface area (Å²) >= 11 is 0. The molecule has 0 amide bonds. The molecule has 2 heteroatoms. The third-order valence-corrected chi connectivity index (χ3v) is 3.69. The molecular formula is C15H18N2. The first-order chi connectivity index (χ1) is 8.33. The van der Waals surface area contributed by atoms with Crippen LogP contribution < -0.4 is 0 Å². The molecule has 1 unspecified atom stereocenters. The molecule has 1 aliphatic rings. The Balaban J connectivity index is 1.85. The van der Waals surface area contributed by atoms with E-state index in [1.807, 2.05) is 13.3 Å². The van der Waals surface area contributed by atoms with Crippen molar-refractivity contribution in [3.8, 4) is 0 Å². The summed E-state index contributed by atoms with van der Waals surface area (Å²) in [6, 6.07) is 8.89. The van der Waals surface area contributed by atoms with Crippen LogP contribution in [0.3, 0.4) is 0 Å². The quantitative estimate of drug-likeness (QED) is 0.768. The number of rotatable bonds is 2. The number of hydrogen-bond donors (Lipinski definition) is 0. The van der Waals surface area contributed by atoms with E-state index in [2.05, 4.69) is 40.0 Å². The highest BCUT2D eigenvalue weighted by Crippen LogP contribution is 2.32. The maximum Gasteiger partial charge on any atom is 0.0949 e. The van der Waals surface area contributed by atoms with E-state index in [4.69, 9.17) is 0 Å². The third kappa shape index (κ3) is 2.12. The fraction of sp³-hybridized carbons (Fsp3) is 0.400. The first kappa shape index (κ1) is 10.6. The average molecular weight is 226 g/mol. The van der Waals surface area contributed by atoms with Crippen molar-refractivity contribution in [2.75, 3.05) is 0 Å². The Labute approximate surface area is 102 Å². The van der Waals surface area contributed by atoms with Gasteiger partial charge in [0.1, 0.15) is 0 Å². The zero-order chi connectivity index (χ0) is 11.7. The smallest absolute Gasteiger partial charge is 0.0949 e. The van der Waals surface area contributed by atoms with Crippen molar-refractivity contribution < 1.29 is 0 Å². The van der Waals surface area contributed by atoms with Gasteiger partial charge >= 0.3 is 0 Å². The lowest BCUT2D eigenvalue weighted by Gasteiger charge is -2.25. The standard InChI is InChI=1S/C15H18N2/c1-12-9-17(11-16-12)10-14-7-4-6-13-5-2-3-8-15(13)14/h2-3,5,8-9,11,14H,4,6-7,10H2,1H3. The van der Waals surface area contributed by atoms with Crippen LogP contribution >= 0.6 is 0 Å². The van der Waals surface area contributed by atoms with E-state index in [0.717, 1.165) is 12.2 Å². The molecule has 0 radical (unpaired) electrons. The zero-order valence-electron chi connectivity index (χ0n) is 10.3. The molecule has 88 valence electrons. The van der Waals surface area contributed by atoms with Crippen molar-refractivity contribution in [1.82, 2.24) is 9.55 Å². The van der Waals surface area contributed by atoms with Crippen molar-refractivity contribution in [2.24, 2.45) is 0 Å². The van der Waals surface area contributed by atoms with Gasteiger partial charge in [-0.2, -0.15) is 0 Å². The molecule has 3 rings (SSSR count). The minimum absolute atomic E-state index is 0.661. The molecule has 0 N–H and O–H groups in total. The van der Waals surface area contributed by atoms with Gasteiger partial charge in [0.2, 0.25) is 0 Å². The second-order valence-electron chi connectivity index (χ2n) is 5.00. The van der Waals surface area contributed by atoms with Gasteiger partial charge in [-0.3, -0.25) is 0 Å². The predicted molar refractivity (Wildman–Crippen MR) is 69.1 cm³/mol. The van der Waals surface area contributed by atoms with E-state index in [1.165, 1.54) is 19.3 Å². The first-order valence-corrected chi connectivity index (χ1v) is 6.39. The van der Waals surface area contributed by atoms with Crippen LogP contribution in [-0.2, 0) is 13.0 Å². The molecule has 2 nitrogen and oxygen atoms in total. The molecule has 1 aromatic heterocycles. The monoisotopic (exact) mass is 226 g/mol. The molecule has 1 heterocycles. The van der Waals surface area contributed by atoms with Crippen molar-refractivity contribution in [1.29, 1.82) is 0 Å². The minimum atomic E-state index is 0.661. The Morgan fingerprint density at radius 2 is 2.24 bits per heavy atom. The molecule has 1 atom stereocenters. The summed E-state index contributed by atoms with van der Waals surface area (Å²) in [4.78, 5) is 4.30. The van der Waals surface area contributed by atoms with Gasteiger partial charge in [-0.15, -0.1) is 0 Å². The molecule has 0 spiro atoms. The van der Waals surface area contributed by atoms with E-state index >= 15 is 0 Å². The molecule has 17 heavy (non-hydrogen) atoms. The van der Waals surface area contributed by atoms with Crippen LogP contribution in [-0.4, -0.2) is 9.55 Å². The summed E-state index contributed by atoms with van der Waals surface area (Å²) in [6.07, 6.45) is 7.95.